The summed E-state index contributed by atoms with van der Waals surface area (Å²) < 4.78 is 140. The summed E-state index contributed by atoms with van der Waals surface area (Å²) in [5, 5.41) is 37.8. The van der Waals surface area contributed by atoms with E-state index in [2.05, 4.69) is 36.3 Å². The molecule has 29 heteroatoms. The molecule has 0 radical (unpaired) electrons. The van der Waals surface area contributed by atoms with Crippen LogP contribution in [0.15, 0.2) is 48.6 Å². The lowest BCUT2D eigenvalue weighted by molar-refractivity contribution is -0.247. The summed E-state index contributed by atoms with van der Waals surface area (Å²) in [6, 6.07) is 0. The number of carbonyl (C=O) groups is 9. The molecule has 0 bridgehead atoms. The molecule has 1 saturated heterocycles. The molecule has 0 aromatic rings. The summed E-state index contributed by atoms with van der Waals surface area (Å²) in [5.74, 6) is -13.2. The molecular weight excluding hydrogens is 1580 g/mol. The van der Waals surface area contributed by atoms with Gasteiger partial charge in [-0.3, -0.25) is 43.2 Å². The minimum atomic E-state index is -3.28. The molecule has 0 aromatic heterocycles. The number of ether oxygens (including phenoxy) is 6. The highest BCUT2D eigenvalue weighted by Gasteiger charge is 2.59. The van der Waals surface area contributed by atoms with Gasteiger partial charge in [0.25, 0.3) is 5.92 Å². The first kappa shape index (κ1) is 110. The van der Waals surface area contributed by atoms with Crippen molar-refractivity contribution in [3.63, 3.8) is 0 Å². The predicted octanol–water partition coefficient (Wildman–Crippen LogP) is 19.1. The van der Waals surface area contributed by atoms with Crippen molar-refractivity contribution in [2.45, 2.75) is 349 Å². The number of aliphatic hydroxyl groups excluding tert-OH is 3. The van der Waals surface area contributed by atoms with Crippen molar-refractivity contribution in [2.24, 2.45) is 47.3 Å². The Hall–Kier alpha value is -4.91. The number of halogens is 8. The summed E-state index contributed by atoms with van der Waals surface area (Å²) >= 11 is 5.39. The van der Waals surface area contributed by atoms with Gasteiger partial charge >= 0.3 is 41.8 Å². The fourth-order valence-corrected chi connectivity index (χ4v) is 17.7. The normalized spacial score (nSPS) is 24.0. The minimum Gasteiger partial charge on any atom is -0.469 e. The summed E-state index contributed by atoms with van der Waals surface area (Å²) in [7, 11) is 6.44. The molecule has 0 amide bonds. The first-order valence-electron chi connectivity index (χ1n) is 42.7. The number of ketones is 5. The molecule has 13 atom stereocenters. The number of fused-ring (bicyclic) bond motifs is 1. The Labute approximate surface area is 701 Å². The summed E-state index contributed by atoms with van der Waals surface area (Å²) in [6.45, 7) is 7.73. The molecule has 676 valence electrons. The van der Waals surface area contributed by atoms with Gasteiger partial charge in [0.1, 0.15) is 17.3 Å². The van der Waals surface area contributed by atoms with Crippen LogP contribution < -0.4 is 0 Å². The van der Waals surface area contributed by atoms with Crippen LogP contribution in [0.4, 0.5) is 35.1 Å². The molecule has 1 heterocycles. The number of thioether (sulfide) groups is 1. The summed E-state index contributed by atoms with van der Waals surface area (Å²) in [5.41, 5.74) is 0. The third-order valence-electron chi connectivity index (χ3n) is 22.6. The number of carbonyl (C=O) groups excluding carboxylic acids is 9. The number of allylic oxidation sites excluding steroid dienone is 8. The van der Waals surface area contributed by atoms with Crippen LogP contribution in [-0.2, 0) is 71.6 Å². The second kappa shape index (κ2) is 61.4. The Morgan fingerprint density at radius 1 is 0.479 bits per heavy atom. The molecule has 0 spiro atoms. The quantitative estimate of drug-likeness (QED) is 0.00944. The number of methoxy groups -OCH3 is 4. The van der Waals surface area contributed by atoms with Gasteiger partial charge in [0.05, 0.1) is 53.9 Å². The van der Waals surface area contributed by atoms with Gasteiger partial charge in [0, 0.05) is 125 Å². The van der Waals surface area contributed by atoms with Gasteiger partial charge in [-0.1, -0.05) is 115 Å². The second-order valence-electron chi connectivity index (χ2n) is 31.2. The molecule has 0 aromatic carbocycles. The number of esters is 4. The standard InChI is InChI=1S/C24H42F2O6.2C21H32F2O4S.C21H32F2O4.CH4O/c1-3-4-5-10-14-24(25,26)32-17-16-31-15-13-20-19(21(27)18-22(20)28)11-8-6-7-9-12-23(29)30-2;1-3-4-12-20(22,23)21(26)13-11-16-15(17(24)14-18(16)28-21)9-7-5-6-8-10-19(25)27-2;1-3-4-13-21(22,23)19(25)12-11-16-15(17(24)14-18(16)28)9-7-5-6-8-10-20(26)27-2;1-3-4-15-21(22,23)19(25)14-12-16-11-13-18(24)17(16)9-7-5-6-8-10-20(26)27-2;1-2/h6,8,19-22,27-28H,3-5,7,9-18H2,1-2H3;5,7,15-16,18,26H,3-4,6,8-14H2,1-2H3;5,7,15-16,18,28H,3-4,6,8-14H2,1-2H3;5,7,16-17H,3-4,6,8-15H2,1-2H3;2H,1H3/b8-6-;3*7-5-;/t19-,20?,21?,22?;15-,16-,18-,21?;15-,16?,18?;16?,17-;/m1111./s1. The van der Waals surface area contributed by atoms with Gasteiger partial charge < -0.3 is 48.8 Å². The highest BCUT2D eigenvalue weighted by atomic mass is 32.2. The molecule has 4 saturated carbocycles. The van der Waals surface area contributed by atoms with E-state index in [4.69, 9.17) is 9.84 Å². The monoisotopic (exact) mass is 1720 g/mol. The molecule has 1 aliphatic heterocycles. The Balaban J connectivity index is 0.000000775. The fourth-order valence-electron chi connectivity index (χ4n) is 15.4. The zero-order valence-electron chi connectivity index (χ0n) is 71.2. The molecule has 4 N–H and O–H groups in total. The van der Waals surface area contributed by atoms with Crippen molar-refractivity contribution in [3.8, 4) is 0 Å². The Morgan fingerprint density at radius 3 is 1.41 bits per heavy atom. The first-order chi connectivity index (χ1) is 55.6. The number of hydrogen-bond acceptors (Lipinski definition) is 21. The van der Waals surface area contributed by atoms with Gasteiger partial charge in [-0.05, 0) is 177 Å². The van der Waals surface area contributed by atoms with E-state index in [9.17, 15) is 93.6 Å². The number of thiol groups is 1. The molecule has 5 aliphatic rings. The maximum absolute atomic E-state index is 14.5. The van der Waals surface area contributed by atoms with Crippen LogP contribution in [0, 0.1) is 47.3 Å². The molecular formula is C88H142F8O19S2. The summed E-state index contributed by atoms with van der Waals surface area (Å²) in [6.07, 6.45) is 28.8. The van der Waals surface area contributed by atoms with Crippen LogP contribution in [0.5, 0.6) is 0 Å². The topological polar surface area (TPSA) is 290 Å². The van der Waals surface area contributed by atoms with E-state index in [0.717, 1.165) is 57.4 Å². The lowest BCUT2D eigenvalue weighted by atomic mass is 9.85. The lowest BCUT2D eigenvalue weighted by Crippen LogP contribution is -2.50. The van der Waals surface area contributed by atoms with Crippen molar-refractivity contribution in [1.29, 1.82) is 0 Å². The smallest absolute Gasteiger partial charge is 0.355 e. The van der Waals surface area contributed by atoms with Crippen LogP contribution in [0.1, 0.15) is 297 Å². The SMILES string of the molecule is CCCCC(F)(F)C(=O)CCC1C(S)CC(=O)[C@@H]1C/C=C\CCCC(=O)OC.CCCCC(F)(F)C(=O)CCC1CCC(=O)[C@@H]1C/C=C\CCCC(=O)OC.CCCCC(F)(F)C1(O)CC[C@H]2[C@@H](CC(=O)[C@@H]2C/C=C\CCCC(=O)OC)S1.CCCCCCC(F)(F)OCCOCCC1C(O)CC(O)[C@@H]1C/C=C\CCCC(=O)OC.CO. The largest absolute Gasteiger partial charge is 0.469 e. The Bertz CT molecular complexity index is 2970. The number of aliphatic hydroxyl groups is 4. The van der Waals surface area contributed by atoms with Gasteiger partial charge in [0.15, 0.2) is 4.93 Å². The number of hydrogen-bond donors (Lipinski definition) is 5. The van der Waals surface area contributed by atoms with Crippen LogP contribution in [0.25, 0.3) is 0 Å². The van der Waals surface area contributed by atoms with Crippen LogP contribution in [0.2, 0.25) is 0 Å². The minimum absolute atomic E-state index is 0.00291. The van der Waals surface area contributed by atoms with Gasteiger partial charge in [0.2, 0.25) is 11.6 Å². The number of alkyl halides is 8. The van der Waals surface area contributed by atoms with E-state index in [0.29, 0.717) is 180 Å². The van der Waals surface area contributed by atoms with Gasteiger partial charge in [-0.2, -0.15) is 39.0 Å². The molecule has 19 nitrogen and oxygen atoms in total. The lowest BCUT2D eigenvalue weighted by Gasteiger charge is -2.43. The number of rotatable bonds is 54. The highest BCUT2D eigenvalue weighted by molar-refractivity contribution is 8.01. The first-order valence-corrected chi connectivity index (χ1v) is 44.1. The van der Waals surface area contributed by atoms with E-state index >= 15 is 0 Å². The zero-order chi connectivity index (χ0) is 88.1. The van der Waals surface area contributed by atoms with Gasteiger partial charge in [-0.25, -0.2) is 8.78 Å². The number of unbranched alkanes of at least 4 members (excludes halogenated alkanes) is 10. The molecule has 117 heavy (non-hydrogen) atoms. The average Bonchev–Trinajstić information content (AvgIpc) is 1.65. The van der Waals surface area contributed by atoms with E-state index < -0.39 is 59.0 Å². The van der Waals surface area contributed by atoms with E-state index in [1.165, 1.54) is 28.4 Å². The van der Waals surface area contributed by atoms with E-state index in [1.807, 2.05) is 76.3 Å². The van der Waals surface area contributed by atoms with E-state index in [-0.39, 0.29) is 164 Å². The third-order valence-corrected chi connectivity index (χ3v) is 24.8. The molecule has 7 unspecified atom stereocenters. The predicted molar refractivity (Wildman–Crippen MR) is 440 cm³/mol. The van der Waals surface area contributed by atoms with Crippen LogP contribution in [-0.4, -0.2) is 180 Å². The van der Waals surface area contributed by atoms with Crippen LogP contribution in [0.3, 0.4) is 0 Å². The van der Waals surface area contributed by atoms with Gasteiger partial charge in [-0.15, -0.1) is 11.8 Å². The van der Waals surface area contributed by atoms with Crippen molar-refractivity contribution in [1.82, 2.24) is 0 Å². The van der Waals surface area contributed by atoms with Crippen molar-refractivity contribution in [3.05, 3.63) is 48.6 Å². The third kappa shape index (κ3) is 43.6. The van der Waals surface area contributed by atoms with Crippen molar-refractivity contribution in [2.75, 3.05) is 55.4 Å². The summed E-state index contributed by atoms with van der Waals surface area (Å²) in [4.78, 5) is 103. The zero-order valence-corrected chi connectivity index (χ0v) is 72.9. The van der Waals surface area contributed by atoms with Crippen molar-refractivity contribution < 1.29 is 127 Å². The molecule has 4 aliphatic carbocycles. The van der Waals surface area contributed by atoms with Crippen molar-refractivity contribution >= 4 is 77.2 Å². The second-order valence-corrected chi connectivity index (χ2v) is 33.4. The Morgan fingerprint density at radius 2 is 0.923 bits per heavy atom. The maximum atomic E-state index is 14.5. The van der Waals surface area contributed by atoms with E-state index in [1.54, 1.807) is 0 Å². The Kier molecular flexibility index (Phi) is 57.8. The number of Topliss-reactive ketones (excluding diaryl/α,β-unsaturated/α-hetero) is 5. The highest BCUT2D eigenvalue weighted by Crippen LogP contribution is 2.57. The average molecular weight is 1720 g/mol. The van der Waals surface area contributed by atoms with Crippen LogP contribution >= 0.6 is 24.4 Å². The molecule has 5 fully saturated rings. The fraction of sp³-hybridized carbons (Fsp3) is 0.807. The molecule has 5 rings (SSSR count). The maximum Gasteiger partial charge on any atom is 0.355 e.